The van der Waals surface area contributed by atoms with Gasteiger partial charge in [-0.25, -0.2) is 0 Å². The van der Waals surface area contributed by atoms with E-state index in [2.05, 4.69) is 0 Å². The molecule has 2 aliphatic rings. The number of carboxylic acid groups (broad SMARTS) is 1. The smallest absolute Gasteiger partial charge is 0.311 e. The third kappa shape index (κ3) is 1.79. The van der Waals surface area contributed by atoms with Crippen molar-refractivity contribution in [1.29, 1.82) is 0 Å². The minimum atomic E-state index is -1.19. The highest BCUT2D eigenvalue weighted by Gasteiger charge is 2.60. The number of nitrogens with zero attached hydrogens (tertiary/aromatic N) is 1. The number of carbonyl (C=O) groups is 3. The maximum atomic E-state index is 12.8. The number of hydrogen-bond donors (Lipinski definition) is 1. The summed E-state index contributed by atoms with van der Waals surface area (Å²) in [4.78, 5) is 37.9. The molecule has 2 rings (SSSR count). The summed E-state index contributed by atoms with van der Waals surface area (Å²) in [5.74, 6) is -1.40. The van der Waals surface area contributed by atoms with E-state index in [-0.39, 0.29) is 18.2 Å². The van der Waals surface area contributed by atoms with Crippen LogP contribution in [0.1, 0.15) is 59.8 Å². The van der Waals surface area contributed by atoms with Gasteiger partial charge in [0.1, 0.15) is 0 Å². The van der Waals surface area contributed by atoms with E-state index >= 15 is 0 Å². The lowest BCUT2D eigenvalue weighted by Gasteiger charge is -2.44. The first-order valence-corrected chi connectivity index (χ1v) is 7.17. The fourth-order valence-corrected chi connectivity index (χ4v) is 3.34. The summed E-state index contributed by atoms with van der Waals surface area (Å²) in [6.07, 6.45) is 3.67. The quantitative estimate of drug-likeness (QED) is 0.805. The number of likely N-dealkylation sites (tertiary alicyclic amines) is 1. The van der Waals surface area contributed by atoms with Crippen LogP contribution in [0.3, 0.4) is 0 Å². The summed E-state index contributed by atoms with van der Waals surface area (Å²) in [7, 11) is 0. The van der Waals surface area contributed by atoms with Crippen molar-refractivity contribution >= 4 is 17.8 Å². The first-order valence-electron chi connectivity index (χ1n) is 7.17. The highest BCUT2D eigenvalue weighted by molar-refractivity contribution is 6.07. The molecule has 0 radical (unpaired) electrons. The number of hydrogen-bond acceptors (Lipinski definition) is 3. The summed E-state index contributed by atoms with van der Waals surface area (Å²) < 4.78 is 0. The second-order valence-electron chi connectivity index (χ2n) is 7.19. The Morgan fingerprint density at radius 3 is 2.10 bits per heavy atom. The summed E-state index contributed by atoms with van der Waals surface area (Å²) >= 11 is 0. The van der Waals surface area contributed by atoms with Gasteiger partial charge in [0.2, 0.25) is 11.8 Å². The lowest BCUT2D eigenvalue weighted by Crippen LogP contribution is -2.59. The van der Waals surface area contributed by atoms with Crippen molar-refractivity contribution in [2.45, 2.75) is 65.3 Å². The van der Waals surface area contributed by atoms with Crippen LogP contribution in [0.15, 0.2) is 0 Å². The Labute approximate surface area is 119 Å². The van der Waals surface area contributed by atoms with Crippen molar-refractivity contribution in [3.63, 3.8) is 0 Å². The zero-order valence-electron chi connectivity index (χ0n) is 12.7. The van der Waals surface area contributed by atoms with Gasteiger partial charge in [0.05, 0.1) is 16.4 Å². The minimum Gasteiger partial charge on any atom is -0.481 e. The molecule has 1 saturated heterocycles. The van der Waals surface area contributed by atoms with Gasteiger partial charge in [0, 0.05) is 6.42 Å². The zero-order valence-corrected chi connectivity index (χ0v) is 12.7. The average molecular weight is 281 g/mol. The molecule has 0 aromatic heterocycles. The Kier molecular flexibility index (Phi) is 3.23. The van der Waals surface area contributed by atoms with E-state index in [1.54, 1.807) is 27.7 Å². The van der Waals surface area contributed by atoms with Crippen molar-refractivity contribution in [2.75, 3.05) is 0 Å². The van der Waals surface area contributed by atoms with Crippen LogP contribution >= 0.6 is 0 Å². The summed E-state index contributed by atoms with van der Waals surface area (Å²) in [5, 5.41) is 9.42. The molecular weight excluding hydrogens is 258 g/mol. The lowest BCUT2D eigenvalue weighted by molar-refractivity contribution is -0.163. The number of amides is 2. The molecule has 1 saturated carbocycles. The fraction of sp³-hybridized carbons (Fsp3) is 0.800. The molecule has 112 valence electrons. The van der Waals surface area contributed by atoms with Gasteiger partial charge < -0.3 is 5.11 Å². The van der Waals surface area contributed by atoms with Crippen LogP contribution in [0, 0.1) is 10.8 Å². The maximum Gasteiger partial charge on any atom is 0.311 e. The van der Waals surface area contributed by atoms with E-state index in [0.717, 1.165) is 25.7 Å². The van der Waals surface area contributed by atoms with Gasteiger partial charge in [0.25, 0.3) is 0 Å². The molecule has 2 amide bonds. The summed E-state index contributed by atoms with van der Waals surface area (Å²) in [6.45, 7) is 6.47. The van der Waals surface area contributed by atoms with Gasteiger partial charge in [-0.2, -0.15) is 0 Å². The first-order chi connectivity index (χ1) is 9.06. The molecule has 5 heteroatoms. The molecule has 20 heavy (non-hydrogen) atoms. The Bertz CT molecular complexity index is 472. The van der Waals surface area contributed by atoms with Crippen molar-refractivity contribution in [3.05, 3.63) is 0 Å². The predicted octanol–water partition coefficient (Wildman–Crippen LogP) is 2.20. The van der Waals surface area contributed by atoms with Gasteiger partial charge in [-0.15, -0.1) is 0 Å². The molecule has 0 atom stereocenters. The van der Waals surface area contributed by atoms with Crippen molar-refractivity contribution in [1.82, 2.24) is 4.90 Å². The Hall–Kier alpha value is -1.39. The molecule has 1 aliphatic heterocycles. The number of aliphatic carboxylic acids is 1. The second kappa shape index (κ2) is 4.30. The van der Waals surface area contributed by atoms with Crippen LogP contribution in [0.2, 0.25) is 0 Å². The van der Waals surface area contributed by atoms with Crippen molar-refractivity contribution < 1.29 is 19.5 Å². The van der Waals surface area contributed by atoms with Crippen molar-refractivity contribution in [2.24, 2.45) is 10.8 Å². The molecule has 1 aliphatic carbocycles. The largest absolute Gasteiger partial charge is 0.481 e. The number of rotatable bonds is 3. The number of imide groups is 1. The van der Waals surface area contributed by atoms with Crippen LogP contribution in [0.5, 0.6) is 0 Å². The third-order valence-electron chi connectivity index (χ3n) is 5.58. The van der Waals surface area contributed by atoms with E-state index in [4.69, 9.17) is 0 Å². The standard InChI is InChI=1S/C15H23NO4/c1-13(2,12(19)20)14(3,4)16-10(17)9-15(11(16)18)7-5-6-8-15/h5-9H2,1-4H3,(H,19,20). The summed E-state index contributed by atoms with van der Waals surface area (Å²) in [5.41, 5.74) is -2.79. The van der Waals surface area contributed by atoms with Gasteiger partial charge in [-0.3, -0.25) is 19.3 Å². The Morgan fingerprint density at radius 2 is 1.65 bits per heavy atom. The molecule has 2 fully saturated rings. The van der Waals surface area contributed by atoms with E-state index in [9.17, 15) is 19.5 Å². The molecule has 0 aromatic rings. The number of carboxylic acids is 1. The monoisotopic (exact) mass is 281 g/mol. The van der Waals surface area contributed by atoms with Crippen LogP contribution in [-0.4, -0.2) is 33.3 Å². The highest BCUT2D eigenvalue weighted by Crippen LogP contribution is 2.50. The molecule has 1 spiro atoms. The number of carbonyl (C=O) groups excluding carboxylic acids is 2. The second-order valence-corrected chi connectivity index (χ2v) is 7.19. The minimum absolute atomic E-state index is 0.167. The fourth-order valence-electron chi connectivity index (χ4n) is 3.34. The zero-order chi connectivity index (χ0) is 15.3. The molecule has 0 aromatic carbocycles. The third-order valence-corrected chi connectivity index (χ3v) is 5.58. The van der Waals surface area contributed by atoms with Crippen LogP contribution in [-0.2, 0) is 14.4 Å². The van der Waals surface area contributed by atoms with Crippen LogP contribution < -0.4 is 0 Å². The Balaban J connectivity index is 2.40. The topological polar surface area (TPSA) is 74.7 Å². The van der Waals surface area contributed by atoms with Crippen LogP contribution in [0.4, 0.5) is 0 Å². The Morgan fingerprint density at radius 1 is 1.15 bits per heavy atom. The van der Waals surface area contributed by atoms with Gasteiger partial charge in [0.15, 0.2) is 0 Å². The van der Waals surface area contributed by atoms with E-state index in [1.165, 1.54) is 4.90 Å². The van der Waals surface area contributed by atoms with E-state index in [1.807, 2.05) is 0 Å². The van der Waals surface area contributed by atoms with Gasteiger partial charge >= 0.3 is 5.97 Å². The lowest BCUT2D eigenvalue weighted by atomic mass is 9.73. The molecule has 0 unspecified atom stereocenters. The summed E-state index contributed by atoms with van der Waals surface area (Å²) in [6, 6.07) is 0. The molecule has 5 nitrogen and oxygen atoms in total. The molecule has 1 N–H and O–H groups in total. The molecule has 1 heterocycles. The van der Waals surface area contributed by atoms with E-state index in [0.29, 0.717) is 0 Å². The van der Waals surface area contributed by atoms with Gasteiger partial charge in [-0.1, -0.05) is 12.8 Å². The average Bonchev–Trinajstić information content (AvgIpc) is 2.86. The SMILES string of the molecule is CC(C)(C(=O)O)C(C)(C)N1C(=O)CC2(CCCC2)C1=O. The van der Waals surface area contributed by atoms with E-state index < -0.39 is 22.3 Å². The maximum absolute atomic E-state index is 12.8. The molecular formula is C15H23NO4. The molecule has 0 bridgehead atoms. The van der Waals surface area contributed by atoms with Crippen LogP contribution in [0.25, 0.3) is 0 Å². The first kappa shape index (κ1) is 15.0. The van der Waals surface area contributed by atoms with Crippen molar-refractivity contribution in [3.8, 4) is 0 Å². The highest BCUT2D eigenvalue weighted by atomic mass is 16.4. The predicted molar refractivity (Wildman–Crippen MR) is 72.9 cm³/mol. The van der Waals surface area contributed by atoms with Gasteiger partial charge in [-0.05, 0) is 40.5 Å². The normalized spacial score (nSPS) is 22.9.